The number of allylic oxidation sites excluding steroid dienone is 4. The molecular weight excluding hydrogens is 214 g/mol. The topological polar surface area (TPSA) is 0 Å². The van der Waals surface area contributed by atoms with Gasteiger partial charge in [-0.3, -0.25) is 0 Å². The molecule has 9 heavy (non-hydrogen) atoms. The zero-order valence-electron chi connectivity index (χ0n) is 4.57. The van der Waals surface area contributed by atoms with E-state index in [0.29, 0.717) is 0 Å². The maximum atomic E-state index is 2.21. The van der Waals surface area contributed by atoms with Crippen molar-refractivity contribution in [1.82, 2.24) is 0 Å². The van der Waals surface area contributed by atoms with Gasteiger partial charge in [0, 0.05) is 0 Å². The predicted octanol–water partition coefficient (Wildman–Crippen LogP) is -7.61. The van der Waals surface area contributed by atoms with Gasteiger partial charge in [-0.1, -0.05) is 0 Å². The van der Waals surface area contributed by atoms with Crippen molar-refractivity contribution in [2.24, 2.45) is 0 Å². The van der Waals surface area contributed by atoms with Gasteiger partial charge in [-0.05, 0) is 0 Å². The van der Waals surface area contributed by atoms with Crippen LogP contribution in [0.25, 0.3) is 0 Å². The number of hydrogen-bond donors (Lipinski definition) is 0. The standard InChI is InChI=1S/C5H5.3ClH.Ti/c1-2-4-5-3-1;;;;/h1-2,5H,3H2;3*1H;/q;;;;+3/p-3. The summed E-state index contributed by atoms with van der Waals surface area (Å²) in [5, 5.41) is 0. The summed E-state index contributed by atoms with van der Waals surface area (Å²) in [6.07, 6.45) is 7.65. The zero-order valence-corrected chi connectivity index (χ0v) is 8.40. The van der Waals surface area contributed by atoms with Gasteiger partial charge in [-0.2, -0.15) is 0 Å². The van der Waals surface area contributed by atoms with Crippen LogP contribution in [0.15, 0.2) is 22.1 Å². The molecule has 0 spiro atoms. The van der Waals surface area contributed by atoms with Crippen molar-refractivity contribution < 1.29 is 57.7 Å². The summed E-state index contributed by atoms with van der Waals surface area (Å²) in [5.74, 6) is 0. The predicted molar refractivity (Wildman–Crippen MR) is 21.8 cm³/mol. The third-order valence-electron chi connectivity index (χ3n) is 0.771. The Morgan fingerprint density at radius 3 is 1.89 bits per heavy atom. The molecule has 0 radical (unpaired) electrons. The van der Waals surface area contributed by atoms with Crippen LogP contribution in [-0.4, -0.2) is 0 Å². The second-order valence-electron chi connectivity index (χ2n) is 1.30. The first-order valence-corrected chi connectivity index (χ1v) is 2.76. The maximum absolute atomic E-state index is 2.21. The number of hydrogen-bond acceptors (Lipinski definition) is 0. The summed E-state index contributed by atoms with van der Waals surface area (Å²) in [5.41, 5.74) is 0. The summed E-state index contributed by atoms with van der Waals surface area (Å²) in [6, 6.07) is 0. The fraction of sp³-hybridized carbons (Fsp3) is 0.200. The van der Waals surface area contributed by atoms with Crippen molar-refractivity contribution in [2.75, 3.05) is 0 Å². The second-order valence-corrected chi connectivity index (χ2v) is 2.20. The van der Waals surface area contributed by atoms with Crippen molar-refractivity contribution in [3.63, 3.8) is 0 Å². The van der Waals surface area contributed by atoms with Crippen LogP contribution in [0, 0.1) is 0 Å². The van der Waals surface area contributed by atoms with Crippen LogP contribution in [0.4, 0.5) is 0 Å². The van der Waals surface area contributed by atoms with Crippen LogP contribution in [-0.2, 0) is 20.4 Å². The van der Waals surface area contributed by atoms with E-state index in [1.807, 2.05) is 0 Å². The van der Waals surface area contributed by atoms with Gasteiger partial charge in [0.15, 0.2) is 0 Å². The van der Waals surface area contributed by atoms with E-state index >= 15 is 0 Å². The first kappa shape index (κ1) is 16.6. The summed E-state index contributed by atoms with van der Waals surface area (Å²) in [7, 11) is 0. The van der Waals surface area contributed by atoms with Gasteiger partial charge < -0.3 is 37.2 Å². The molecule has 0 unspecified atom stereocenters. The van der Waals surface area contributed by atoms with Gasteiger partial charge in [-0.15, -0.1) is 0 Å². The van der Waals surface area contributed by atoms with Crippen LogP contribution in [0.5, 0.6) is 0 Å². The quantitative estimate of drug-likeness (QED) is 0.355. The molecule has 0 aliphatic heterocycles. The first-order valence-electron chi connectivity index (χ1n) is 1.98. The van der Waals surface area contributed by atoms with Crippen molar-refractivity contribution >= 4 is 0 Å². The van der Waals surface area contributed by atoms with Crippen LogP contribution in [0.3, 0.4) is 0 Å². The molecule has 50 valence electrons. The number of rotatable bonds is 0. The van der Waals surface area contributed by atoms with E-state index in [0.717, 1.165) is 6.42 Å². The summed E-state index contributed by atoms with van der Waals surface area (Å²) in [6.45, 7) is 0. The molecule has 0 heterocycles. The third kappa shape index (κ3) is 6.96. The Hall–Kier alpha value is 1.06. The van der Waals surface area contributed by atoms with Crippen LogP contribution in [0.2, 0.25) is 0 Å². The monoisotopic (exact) mass is 218 g/mol. The summed E-state index contributed by atoms with van der Waals surface area (Å²) < 4.78 is 1.40. The third-order valence-corrected chi connectivity index (χ3v) is 1.35. The van der Waals surface area contributed by atoms with Gasteiger partial charge in [0.1, 0.15) is 0 Å². The van der Waals surface area contributed by atoms with E-state index in [9.17, 15) is 0 Å². The molecular formula is C5H5Cl3Ti. The molecule has 0 bridgehead atoms. The normalized spacial score (nSPS) is 12.4. The zero-order chi connectivity index (χ0) is 4.41. The molecule has 0 saturated carbocycles. The van der Waals surface area contributed by atoms with Gasteiger partial charge in [0.25, 0.3) is 0 Å². The number of halogens is 3. The Morgan fingerprint density at radius 1 is 1.22 bits per heavy atom. The molecule has 0 aromatic rings. The van der Waals surface area contributed by atoms with E-state index in [4.69, 9.17) is 0 Å². The summed E-state index contributed by atoms with van der Waals surface area (Å²) in [4.78, 5) is 0. The van der Waals surface area contributed by atoms with Crippen molar-refractivity contribution in [3.8, 4) is 0 Å². The van der Waals surface area contributed by atoms with E-state index in [1.54, 1.807) is 0 Å². The molecule has 1 aliphatic carbocycles. The molecule has 1 rings (SSSR count). The fourth-order valence-corrected chi connectivity index (χ4v) is 0.826. The molecule has 0 atom stereocenters. The van der Waals surface area contributed by atoms with Crippen LogP contribution >= 0.6 is 0 Å². The Morgan fingerprint density at radius 2 is 1.78 bits per heavy atom. The second kappa shape index (κ2) is 9.06. The Labute approximate surface area is 85.8 Å². The Kier molecular flexibility index (Phi) is 16.7. The average molecular weight is 219 g/mol. The van der Waals surface area contributed by atoms with E-state index in [2.05, 4.69) is 38.7 Å². The first-order chi connectivity index (χ1) is 2.89. The van der Waals surface area contributed by atoms with Crippen molar-refractivity contribution in [1.29, 1.82) is 0 Å². The molecule has 0 saturated heterocycles. The minimum absolute atomic E-state index is 0. The molecule has 0 aromatic carbocycles. The molecule has 0 amide bonds. The fourth-order valence-electron chi connectivity index (χ4n) is 0.458. The molecule has 0 nitrogen and oxygen atoms in total. The molecule has 4 heteroatoms. The van der Waals surface area contributed by atoms with Crippen LogP contribution in [0.1, 0.15) is 6.42 Å². The van der Waals surface area contributed by atoms with E-state index in [1.165, 1.54) is 3.88 Å². The SMILES string of the molecule is [Cl-].[Cl-].[Cl-].[Ti+3][C]1=CCC=C1. The Balaban J connectivity index is -0.000000120. The minimum atomic E-state index is 0. The van der Waals surface area contributed by atoms with Gasteiger partial charge in [0.05, 0.1) is 0 Å². The van der Waals surface area contributed by atoms with Crippen LogP contribution < -0.4 is 37.2 Å². The van der Waals surface area contributed by atoms with Crippen molar-refractivity contribution in [3.05, 3.63) is 22.1 Å². The van der Waals surface area contributed by atoms with Gasteiger partial charge in [0.2, 0.25) is 0 Å². The molecule has 0 N–H and O–H groups in total. The van der Waals surface area contributed by atoms with E-state index < -0.39 is 0 Å². The van der Waals surface area contributed by atoms with E-state index in [-0.39, 0.29) is 37.2 Å². The van der Waals surface area contributed by atoms with Gasteiger partial charge in [-0.25, -0.2) is 0 Å². The van der Waals surface area contributed by atoms with Gasteiger partial charge >= 0.3 is 49.0 Å². The summed E-state index contributed by atoms with van der Waals surface area (Å²) >= 11 is 2.11. The van der Waals surface area contributed by atoms with Crippen molar-refractivity contribution in [2.45, 2.75) is 6.42 Å². The average Bonchev–Trinajstić information content (AvgIpc) is 1.86. The molecule has 0 fully saturated rings. The molecule has 0 aromatic heterocycles. The molecule has 1 aliphatic rings. The Bertz CT molecular complexity index is 106.